The van der Waals surface area contributed by atoms with Crippen LogP contribution in [0, 0.1) is 6.92 Å². The van der Waals surface area contributed by atoms with Gasteiger partial charge in [-0.05, 0) is 37.3 Å². The van der Waals surface area contributed by atoms with Crippen molar-refractivity contribution in [2.24, 2.45) is 0 Å². The van der Waals surface area contributed by atoms with Gasteiger partial charge in [-0.3, -0.25) is 9.59 Å². The lowest BCUT2D eigenvalue weighted by Gasteiger charge is -2.17. The van der Waals surface area contributed by atoms with Crippen LogP contribution in [0.5, 0.6) is 0 Å². The van der Waals surface area contributed by atoms with Gasteiger partial charge in [-0.1, -0.05) is 40.9 Å². The lowest BCUT2D eigenvalue weighted by molar-refractivity contribution is -0.121. The minimum Gasteiger partial charge on any atom is -0.373 e. The Balaban J connectivity index is 1.83. The lowest BCUT2D eigenvalue weighted by atomic mass is 10.2. The number of carbonyl (C=O) groups is 2. The molecule has 0 bridgehead atoms. The van der Waals surface area contributed by atoms with Crippen LogP contribution in [0.1, 0.15) is 12.0 Å². The van der Waals surface area contributed by atoms with Gasteiger partial charge in [0, 0.05) is 10.7 Å². The molecule has 0 aliphatic carbocycles. The highest BCUT2D eigenvalue weighted by Gasteiger charge is 2.40. The molecule has 0 aromatic heterocycles. The van der Waals surface area contributed by atoms with E-state index in [1.165, 1.54) is 6.07 Å². The van der Waals surface area contributed by atoms with Crippen molar-refractivity contribution in [2.45, 2.75) is 19.4 Å². The van der Waals surface area contributed by atoms with Crippen molar-refractivity contribution in [3.8, 4) is 0 Å². The van der Waals surface area contributed by atoms with Gasteiger partial charge in [0.25, 0.3) is 5.91 Å². The Morgan fingerprint density at radius 1 is 1.09 bits per heavy atom. The Labute approximate surface area is 144 Å². The van der Waals surface area contributed by atoms with E-state index in [0.717, 1.165) is 16.2 Å². The van der Waals surface area contributed by atoms with Crippen LogP contribution in [0.4, 0.5) is 11.4 Å². The number of anilines is 2. The fraction of sp³-hybridized carbons (Fsp3) is 0.176. The van der Waals surface area contributed by atoms with E-state index in [4.69, 9.17) is 23.2 Å². The number of hydrogen-bond acceptors (Lipinski definition) is 3. The smallest absolute Gasteiger partial charge is 0.256 e. The van der Waals surface area contributed by atoms with Crippen LogP contribution in [-0.2, 0) is 9.59 Å². The van der Waals surface area contributed by atoms with Crippen LogP contribution in [0.15, 0.2) is 42.5 Å². The molecule has 1 N–H and O–H groups in total. The van der Waals surface area contributed by atoms with Gasteiger partial charge in [0.15, 0.2) is 0 Å². The van der Waals surface area contributed by atoms with Crippen LogP contribution in [0.25, 0.3) is 0 Å². The third kappa shape index (κ3) is 3.19. The van der Waals surface area contributed by atoms with Crippen molar-refractivity contribution in [2.75, 3.05) is 10.2 Å². The van der Waals surface area contributed by atoms with Gasteiger partial charge in [0.05, 0.1) is 17.1 Å². The van der Waals surface area contributed by atoms with E-state index in [9.17, 15) is 9.59 Å². The molecule has 1 aliphatic rings. The highest BCUT2D eigenvalue weighted by atomic mass is 35.5. The van der Waals surface area contributed by atoms with Gasteiger partial charge in [0.2, 0.25) is 5.91 Å². The average Bonchev–Trinajstić information content (AvgIpc) is 2.77. The fourth-order valence-corrected chi connectivity index (χ4v) is 3.00. The lowest BCUT2D eigenvalue weighted by Crippen LogP contribution is -2.35. The standard InChI is InChI=1S/C17H14Cl2N2O2/c1-10-2-5-12(6-3-10)20-14-9-16(22)21(17(14)23)15-7-4-11(18)8-13(15)19/h2-8,14,20H,9H2,1H3/t14-/m0/s1. The molecule has 6 heteroatoms. The quantitative estimate of drug-likeness (QED) is 0.851. The minimum absolute atomic E-state index is 0.0890. The van der Waals surface area contributed by atoms with E-state index in [1.807, 2.05) is 31.2 Å². The minimum atomic E-state index is -0.600. The Morgan fingerprint density at radius 3 is 2.43 bits per heavy atom. The van der Waals surface area contributed by atoms with Gasteiger partial charge in [-0.25, -0.2) is 4.90 Å². The van der Waals surface area contributed by atoms with E-state index < -0.39 is 6.04 Å². The van der Waals surface area contributed by atoms with Gasteiger partial charge in [-0.15, -0.1) is 0 Å². The van der Waals surface area contributed by atoms with Crippen LogP contribution >= 0.6 is 23.2 Å². The summed E-state index contributed by atoms with van der Waals surface area (Å²) in [5.74, 6) is -0.608. The topological polar surface area (TPSA) is 49.4 Å². The van der Waals surface area contributed by atoms with Gasteiger partial charge < -0.3 is 5.32 Å². The summed E-state index contributed by atoms with van der Waals surface area (Å²) in [5, 5.41) is 3.82. The summed E-state index contributed by atoms with van der Waals surface area (Å²) in [6.45, 7) is 1.98. The highest BCUT2D eigenvalue weighted by Crippen LogP contribution is 2.32. The van der Waals surface area contributed by atoms with E-state index in [1.54, 1.807) is 12.1 Å². The maximum atomic E-state index is 12.6. The number of amides is 2. The Bertz CT molecular complexity index is 775. The molecular weight excluding hydrogens is 335 g/mol. The molecule has 1 aliphatic heterocycles. The van der Waals surface area contributed by atoms with Crippen molar-refractivity contribution in [1.82, 2.24) is 0 Å². The van der Waals surface area contributed by atoms with Crippen molar-refractivity contribution in [3.63, 3.8) is 0 Å². The Hall–Kier alpha value is -2.04. The summed E-state index contributed by atoms with van der Waals surface area (Å²) in [7, 11) is 0. The van der Waals surface area contributed by atoms with Crippen molar-refractivity contribution in [1.29, 1.82) is 0 Å². The molecule has 4 nitrogen and oxygen atoms in total. The summed E-state index contributed by atoms with van der Waals surface area (Å²) in [4.78, 5) is 25.9. The Morgan fingerprint density at radius 2 is 1.78 bits per heavy atom. The van der Waals surface area contributed by atoms with E-state index in [2.05, 4.69) is 5.32 Å². The van der Waals surface area contributed by atoms with Gasteiger partial charge in [0.1, 0.15) is 6.04 Å². The predicted molar refractivity (Wildman–Crippen MR) is 92.2 cm³/mol. The number of imide groups is 1. The normalized spacial score (nSPS) is 17.7. The average molecular weight is 349 g/mol. The van der Waals surface area contributed by atoms with Crippen molar-refractivity contribution < 1.29 is 9.59 Å². The largest absolute Gasteiger partial charge is 0.373 e. The molecule has 2 aromatic carbocycles. The third-order valence-electron chi connectivity index (χ3n) is 3.69. The van der Waals surface area contributed by atoms with Crippen LogP contribution in [0.2, 0.25) is 10.0 Å². The molecule has 1 saturated heterocycles. The molecule has 23 heavy (non-hydrogen) atoms. The monoisotopic (exact) mass is 348 g/mol. The van der Waals surface area contributed by atoms with Crippen LogP contribution < -0.4 is 10.2 Å². The first-order valence-electron chi connectivity index (χ1n) is 7.11. The molecule has 1 atom stereocenters. The number of halogens is 2. The van der Waals surface area contributed by atoms with Crippen LogP contribution in [0.3, 0.4) is 0 Å². The summed E-state index contributed by atoms with van der Waals surface area (Å²) >= 11 is 12.0. The molecule has 118 valence electrons. The second kappa shape index (κ2) is 6.22. The summed E-state index contributed by atoms with van der Waals surface area (Å²) < 4.78 is 0. The molecule has 0 unspecified atom stereocenters. The predicted octanol–water partition coefficient (Wildman–Crippen LogP) is 4.05. The first kappa shape index (κ1) is 15.8. The number of nitrogens with one attached hydrogen (secondary N) is 1. The number of rotatable bonds is 3. The van der Waals surface area contributed by atoms with E-state index in [-0.39, 0.29) is 23.3 Å². The van der Waals surface area contributed by atoms with Crippen molar-refractivity contribution >= 4 is 46.4 Å². The Kier molecular flexibility index (Phi) is 4.28. The number of hydrogen-bond donors (Lipinski definition) is 1. The van der Waals surface area contributed by atoms with E-state index >= 15 is 0 Å². The molecule has 1 heterocycles. The number of carbonyl (C=O) groups excluding carboxylic acids is 2. The second-order valence-electron chi connectivity index (χ2n) is 5.43. The van der Waals surface area contributed by atoms with Crippen molar-refractivity contribution in [3.05, 3.63) is 58.1 Å². The van der Waals surface area contributed by atoms with E-state index in [0.29, 0.717) is 10.7 Å². The zero-order valence-electron chi connectivity index (χ0n) is 12.3. The highest BCUT2D eigenvalue weighted by molar-refractivity contribution is 6.38. The first-order chi connectivity index (χ1) is 11.0. The zero-order valence-corrected chi connectivity index (χ0v) is 13.9. The molecule has 0 spiro atoms. The molecule has 2 amide bonds. The molecule has 0 saturated carbocycles. The third-order valence-corrected chi connectivity index (χ3v) is 4.23. The summed E-state index contributed by atoms with van der Waals surface area (Å²) in [6.07, 6.45) is 0.0890. The number of benzene rings is 2. The molecule has 0 radical (unpaired) electrons. The molecule has 3 rings (SSSR count). The first-order valence-corrected chi connectivity index (χ1v) is 7.86. The van der Waals surface area contributed by atoms with Gasteiger partial charge in [-0.2, -0.15) is 0 Å². The molecule has 1 fully saturated rings. The SMILES string of the molecule is Cc1ccc(N[C@H]2CC(=O)N(c3ccc(Cl)cc3Cl)C2=O)cc1. The summed E-state index contributed by atoms with van der Waals surface area (Å²) in [5.41, 5.74) is 2.28. The maximum Gasteiger partial charge on any atom is 0.256 e. The number of aryl methyl sites for hydroxylation is 1. The molecular formula is C17H14Cl2N2O2. The molecule has 2 aromatic rings. The zero-order chi connectivity index (χ0) is 16.6. The van der Waals surface area contributed by atoms with Crippen LogP contribution in [-0.4, -0.2) is 17.9 Å². The fourth-order valence-electron chi connectivity index (χ4n) is 2.51. The van der Waals surface area contributed by atoms with Gasteiger partial charge >= 0.3 is 0 Å². The number of nitrogens with zero attached hydrogens (tertiary/aromatic N) is 1. The second-order valence-corrected chi connectivity index (χ2v) is 6.27. The maximum absolute atomic E-state index is 12.6. The summed E-state index contributed by atoms with van der Waals surface area (Å²) in [6, 6.07) is 11.7.